The predicted octanol–water partition coefficient (Wildman–Crippen LogP) is 15.6. The lowest BCUT2D eigenvalue weighted by molar-refractivity contribution is 0.767. The maximum atomic E-state index is 4.57. The van der Waals surface area contributed by atoms with Gasteiger partial charge in [-0.05, 0) is 119 Å². The highest BCUT2D eigenvalue weighted by Gasteiger charge is 2.48. The number of unbranched alkanes of at least 4 members (excludes halogenated alkanes) is 1. The van der Waals surface area contributed by atoms with Crippen LogP contribution >= 0.6 is 0 Å². The Hall–Kier alpha value is -7.16. The van der Waals surface area contributed by atoms with E-state index in [4.69, 9.17) is 0 Å². The second-order valence-electron chi connectivity index (χ2n) is 15.9. The molecule has 0 unspecified atom stereocenters. The number of rotatable bonds is 11. The van der Waals surface area contributed by atoms with Gasteiger partial charge in [-0.1, -0.05) is 172 Å². The SMILES string of the molecule is C=Cc1c(/C=C\C)c(-n2c3ccccc3c3ccccc32)cc2c1-c1ccc(N(c3ccccc3)c3cccc(CCCC)c3)cc1C2(c1ccccc1)c1ccccc1. The number of anilines is 3. The summed E-state index contributed by atoms with van der Waals surface area (Å²) < 4.78 is 2.48. The quantitative estimate of drug-likeness (QED) is 0.127. The first-order valence-corrected chi connectivity index (χ1v) is 21.3. The first-order valence-electron chi connectivity index (χ1n) is 21.3. The van der Waals surface area contributed by atoms with Crippen molar-refractivity contribution in [1.29, 1.82) is 0 Å². The van der Waals surface area contributed by atoms with Crippen molar-refractivity contribution in [3.8, 4) is 16.8 Å². The standard InChI is InChI=1S/C58H48N2/c1-4-7-23-41-24-21-31-45(38-41)59(44-29-15-10-16-30-44)46-36-37-51-52(39-46)58(42-25-11-8-12-26-42,43-27-13-9-14-28-43)53-40-56(48(22-5-2)47(6-3)57(51)53)60-54-34-19-17-32-49(54)50-33-18-20-35-55(50)60/h5-6,8-22,24-40H,3-4,7,23H2,1-2H3/b22-5-. The Kier molecular flexibility index (Phi) is 9.62. The van der Waals surface area contributed by atoms with Crippen LogP contribution in [0.2, 0.25) is 0 Å². The minimum Gasteiger partial charge on any atom is -0.310 e. The fourth-order valence-electron chi connectivity index (χ4n) is 9.98. The molecule has 2 nitrogen and oxygen atoms in total. The van der Waals surface area contributed by atoms with Crippen molar-refractivity contribution in [3.05, 3.63) is 240 Å². The number of para-hydroxylation sites is 3. The molecule has 0 amide bonds. The van der Waals surface area contributed by atoms with Crippen LogP contribution in [-0.4, -0.2) is 4.57 Å². The number of aryl methyl sites for hydroxylation is 1. The average molecular weight is 773 g/mol. The van der Waals surface area contributed by atoms with Crippen LogP contribution in [0, 0.1) is 0 Å². The van der Waals surface area contributed by atoms with Gasteiger partial charge in [-0.2, -0.15) is 0 Å². The number of aromatic nitrogens is 1. The van der Waals surface area contributed by atoms with Gasteiger partial charge in [0, 0.05) is 33.4 Å². The van der Waals surface area contributed by atoms with Gasteiger partial charge in [0.05, 0.1) is 22.1 Å². The highest BCUT2D eigenvalue weighted by molar-refractivity contribution is 6.10. The van der Waals surface area contributed by atoms with Gasteiger partial charge in [-0.25, -0.2) is 0 Å². The number of hydrogen-bond acceptors (Lipinski definition) is 1. The molecule has 1 aliphatic rings. The molecular weight excluding hydrogens is 725 g/mol. The molecule has 0 radical (unpaired) electrons. The van der Waals surface area contributed by atoms with Crippen molar-refractivity contribution >= 4 is 51.0 Å². The maximum absolute atomic E-state index is 4.57. The summed E-state index contributed by atoms with van der Waals surface area (Å²) in [5.74, 6) is 0. The van der Waals surface area contributed by atoms with Crippen molar-refractivity contribution in [1.82, 2.24) is 4.57 Å². The molecule has 10 rings (SSSR count). The monoisotopic (exact) mass is 772 g/mol. The third-order valence-corrected chi connectivity index (χ3v) is 12.5. The van der Waals surface area contributed by atoms with Crippen LogP contribution in [0.1, 0.15) is 65.6 Å². The summed E-state index contributed by atoms with van der Waals surface area (Å²) in [7, 11) is 0. The first kappa shape index (κ1) is 37.1. The summed E-state index contributed by atoms with van der Waals surface area (Å²) in [6, 6.07) is 69.5. The fraction of sp³-hybridized carbons (Fsp3) is 0.103. The number of benzene rings is 8. The molecule has 0 saturated heterocycles. The van der Waals surface area contributed by atoms with Crippen molar-refractivity contribution in [2.75, 3.05) is 4.90 Å². The molecule has 1 aliphatic carbocycles. The molecule has 0 aliphatic heterocycles. The Morgan fingerprint density at radius 2 is 1.15 bits per heavy atom. The molecule has 0 saturated carbocycles. The van der Waals surface area contributed by atoms with Crippen molar-refractivity contribution < 1.29 is 0 Å². The van der Waals surface area contributed by atoms with Gasteiger partial charge in [0.25, 0.3) is 0 Å². The van der Waals surface area contributed by atoms with Crippen LogP contribution in [0.4, 0.5) is 17.1 Å². The van der Waals surface area contributed by atoms with E-state index in [1.807, 2.05) is 0 Å². The van der Waals surface area contributed by atoms with E-state index in [2.05, 4.69) is 236 Å². The lowest BCUT2D eigenvalue weighted by atomic mass is 9.67. The van der Waals surface area contributed by atoms with Gasteiger partial charge in [0.15, 0.2) is 0 Å². The third-order valence-electron chi connectivity index (χ3n) is 12.5. The van der Waals surface area contributed by atoms with Crippen molar-refractivity contribution in [2.24, 2.45) is 0 Å². The fourth-order valence-corrected chi connectivity index (χ4v) is 9.98. The van der Waals surface area contributed by atoms with Gasteiger partial charge in [0.2, 0.25) is 0 Å². The molecule has 1 aromatic heterocycles. The largest absolute Gasteiger partial charge is 0.310 e. The van der Waals surface area contributed by atoms with E-state index >= 15 is 0 Å². The molecule has 1 heterocycles. The second-order valence-corrected chi connectivity index (χ2v) is 15.9. The summed E-state index contributed by atoms with van der Waals surface area (Å²) in [5.41, 5.74) is 17.3. The Balaban J connectivity index is 1.33. The van der Waals surface area contributed by atoms with Crippen molar-refractivity contribution in [2.45, 2.75) is 38.5 Å². The van der Waals surface area contributed by atoms with E-state index in [1.54, 1.807) is 0 Å². The third kappa shape index (κ3) is 5.86. The number of allylic oxidation sites excluding steroid dienone is 1. The Morgan fingerprint density at radius 3 is 1.77 bits per heavy atom. The first-order chi connectivity index (χ1) is 29.7. The van der Waals surface area contributed by atoms with E-state index in [9.17, 15) is 0 Å². The summed E-state index contributed by atoms with van der Waals surface area (Å²) in [4.78, 5) is 2.43. The zero-order valence-corrected chi connectivity index (χ0v) is 34.4. The summed E-state index contributed by atoms with van der Waals surface area (Å²) in [6.07, 6.45) is 9.93. The Morgan fingerprint density at radius 1 is 0.567 bits per heavy atom. The van der Waals surface area contributed by atoms with E-state index in [-0.39, 0.29) is 0 Å². The van der Waals surface area contributed by atoms with Gasteiger partial charge in [-0.15, -0.1) is 0 Å². The molecule has 0 N–H and O–H groups in total. The smallest absolute Gasteiger partial charge is 0.0715 e. The van der Waals surface area contributed by atoms with E-state index in [1.165, 1.54) is 73.6 Å². The highest BCUT2D eigenvalue weighted by atomic mass is 15.1. The van der Waals surface area contributed by atoms with E-state index in [0.717, 1.165) is 40.3 Å². The predicted molar refractivity (Wildman–Crippen MR) is 256 cm³/mol. The van der Waals surface area contributed by atoms with Gasteiger partial charge in [0.1, 0.15) is 0 Å². The minimum absolute atomic E-state index is 0.658. The van der Waals surface area contributed by atoms with E-state index in [0.29, 0.717) is 0 Å². The van der Waals surface area contributed by atoms with Crippen LogP contribution in [-0.2, 0) is 11.8 Å². The van der Waals surface area contributed by atoms with Crippen LogP contribution < -0.4 is 4.90 Å². The Bertz CT molecular complexity index is 2950. The molecular formula is C58H48N2. The molecule has 0 bridgehead atoms. The van der Waals surface area contributed by atoms with Crippen LogP contribution in [0.3, 0.4) is 0 Å². The lowest BCUT2D eigenvalue weighted by Gasteiger charge is -2.35. The minimum atomic E-state index is -0.658. The number of fused-ring (bicyclic) bond motifs is 6. The molecule has 8 aromatic carbocycles. The number of hydrogen-bond donors (Lipinski definition) is 0. The summed E-state index contributed by atoms with van der Waals surface area (Å²) in [5, 5.41) is 2.48. The normalized spacial score (nSPS) is 12.8. The average Bonchev–Trinajstić information content (AvgIpc) is 3.79. The van der Waals surface area contributed by atoms with Crippen LogP contribution in [0.15, 0.2) is 201 Å². The number of nitrogens with zero attached hydrogens (tertiary/aromatic N) is 2. The van der Waals surface area contributed by atoms with E-state index < -0.39 is 5.41 Å². The molecule has 9 aromatic rings. The topological polar surface area (TPSA) is 8.17 Å². The highest BCUT2D eigenvalue weighted by Crippen LogP contribution is 2.59. The molecule has 0 spiro atoms. The second kappa shape index (κ2) is 15.5. The lowest BCUT2D eigenvalue weighted by Crippen LogP contribution is -2.29. The zero-order valence-electron chi connectivity index (χ0n) is 34.4. The molecule has 290 valence electrons. The zero-order chi connectivity index (χ0) is 40.6. The van der Waals surface area contributed by atoms with Gasteiger partial charge >= 0.3 is 0 Å². The maximum Gasteiger partial charge on any atom is 0.0715 e. The molecule has 0 atom stereocenters. The van der Waals surface area contributed by atoms with Gasteiger partial charge < -0.3 is 9.47 Å². The molecule has 0 fully saturated rings. The van der Waals surface area contributed by atoms with Crippen molar-refractivity contribution in [3.63, 3.8) is 0 Å². The van der Waals surface area contributed by atoms with Crippen LogP contribution in [0.5, 0.6) is 0 Å². The molecule has 2 heteroatoms. The van der Waals surface area contributed by atoms with Crippen LogP contribution in [0.25, 0.3) is 50.8 Å². The summed E-state index contributed by atoms with van der Waals surface area (Å²) in [6.45, 7) is 8.95. The Labute approximate surface area is 354 Å². The van der Waals surface area contributed by atoms with Gasteiger partial charge in [-0.3, -0.25) is 0 Å². The molecule has 60 heavy (non-hydrogen) atoms. The summed E-state index contributed by atoms with van der Waals surface area (Å²) >= 11 is 0.